The van der Waals surface area contributed by atoms with Gasteiger partial charge in [-0.1, -0.05) is 5.21 Å². The van der Waals surface area contributed by atoms with Crippen molar-refractivity contribution >= 4 is 11.6 Å². The predicted molar refractivity (Wildman–Crippen MR) is 64.6 cm³/mol. The molecule has 2 N–H and O–H groups in total. The van der Waals surface area contributed by atoms with Crippen molar-refractivity contribution in [2.45, 2.75) is 13.1 Å². The van der Waals surface area contributed by atoms with Crippen LogP contribution in [-0.2, 0) is 24.9 Å². The van der Waals surface area contributed by atoms with Crippen LogP contribution in [0.2, 0.25) is 0 Å². The molecule has 1 amide bonds. The monoisotopic (exact) mass is 249 g/mol. The Labute approximate surface area is 104 Å². The zero-order valence-electron chi connectivity index (χ0n) is 10.3. The molecule has 2 aromatic rings. The summed E-state index contributed by atoms with van der Waals surface area (Å²) in [6.07, 6.45) is 5.15. The molecule has 0 spiro atoms. The fourth-order valence-corrected chi connectivity index (χ4v) is 1.43. The highest BCUT2D eigenvalue weighted by atomic mass is 16.1. The molecule has 0 aliphatic rings. The van der Waals surface area contributed by atoms with E-state index in [0.717, 1.165) is 11.4 Å². The summed E-state index contributed by atoms with van der Waals surface area (Å²) in [4.78, 5) is 11.2. The third-order valence-electron chi connectivity index (χ3n) is 2.50. The molecule has 96 valence electrons. The van der Waals surface area contributed by atoms with Gasteiger partial charge in [0.15, 0.2) is 0 Å². The molecule has 0 fully saturated rings. The molecule has 2 heterocycles. The fraction of sp³-hybridized carbons (Fsp3) is 0.400. The van der Waals surface area contributed by atoms with E-state index >= 15 is 0 Å². The molecule has 18 heavy (non-hydrogen) atoms. The summed E-state index contributed by atoms with van der Waals surface area (Å²) < 4.78 is 3.27. The lowest BCUT2D eigenvalue weighted by Crippen LogP contribution is -2.23. The smallest absolute Gasteiger partial charge is 0.241 e. The Morgan fingerprint density at radius 1 is 1.44 bits per heavy atom. The van der Waals surface area contributed by atoms with Gasteiger partial charge in [-0.3, -0.25) is 14.2 Å². The van der Waals surface area contributed by atoms with Crippen molar-refractivity contribution < 1.29 is 4.79 Å². The molecule has 0 unspecified atom stereocenters. The minimum absolute atomic E-state index is 0.0829. The molecule has 0 aliphatic heterocycles. The second kappa shape index (κ2) is 5.30. The van der Waals surface area contributed by atoms with Crippen LogP contribution in [0.15, 0.2) is 18.6 Å². The second-order valence-electron chi connectivity index (χ2n) is 3.80. The van der Waals surface area contributed by atoms with Crippen LogP contribution in [0.3, 0.4) is 0 Å². The molecule has 0 atom stereocenters. The Bertz CT molecular complexity index is 530. The van der Waals surface area contributed by atoms with Gasteiger partial charge in [0.2, 0.25) is 5.91 Å². The molecule has 0 radical (unpaired) electrons. The standard InChI is InChI=1S/C10H15N7O/c1-11-10(18)7-17-6-8(3-14-17)12-4-9-5-13-15-16(9)2/h3,5-6,12H,4,7H2,1-2H3,(H,11,18). The van der Waals surface area contributed by atoms with Gasteiger partial charge in [-0.2, -0.15) is 5.10 Å². The number of carbonyl (C=O) groups excluding carboxylic acids is 1. The van der Waals surface area contributed by atoms with E-state index in [2.05, 4.69) is 26.0 Å². The Morgan fingerprint density at radius 2 is 2.28 bits per heavy atom. The molecule has 0 saturated heterocycles. The first-order valence-electron chi connectivity index (χ1n) is 5.49. The normalized spacial score (nSPS) is 10.3. The van der Waals surface area contributed by atoms with Crippen molar-refractivity contribution in [3.8, 4) is 0 Å². The topological polar surface area (TPSA) is 89.7 Å². The molecule has 2 rings (SSSR count). The third-order valence-corrected chi connectivity index (χ3v) is 2.50. The first kappa shape index (κ1) is 12.1. The number of carbonyl (C=O) groups is 1. The van der Waals surface area contributed by atoms with Gasteiger partial charge in [0.05, 0.1) is 30.3 Å². The number of anilines is 1. The lowest BCUT2D eigenvalue weighted by atomic mass is 10.4. The van der Waals surface area contributed by atoms with Gasteiger partial charge < -0.3 is 10.6 Å². The van der Waals surface area contributed by atoms with Gasteiger partial charge in [0, 0.05) is 20.3 Å². The quantitative estimate of drug-likeness (QED) is 0.736. The van der Waals surface area contributed by atoms with Gasteiger partial charge in [-0.15, -0.1) is 5.10 Å². The molecule has 0 bridgehead atoms. The summed E-state index contributed by atoms with van der Waals surface area (Å²) in [7, 11) is 3.43. The minimum Gasteiger partial charge on any atom is -0.377 e. The Hall–Kier alpha value is -2.38. The number of aromatic nitrogens is 5. The third kappa shape index (κ3) is 2.84. The number of hydrogen-bond acceptors (Lipinski definition) is 5. The van der Waals surface area contributed by atoms with E-state index in [0.29, 0.717) is 6.54 Å². The molecule has 8 heteroatoms. The van der Waals surface area contributed by atoms with E-state index in [4.69, 9.17) is 0 Å². The van der Waals surface area contributed by atoms with Crippen LogP contribution in [0.4, 0.5) is 5.69 Å². The van der Waals surface area contributed by atoms with Crippen LogP contribution in [0, 0.1) is 0 Å². The van der Waals surface area contributed by atoms with Gasteiger partial charge in [-0.05, 0) is 0 Å². The number of rotatable bonds is 5. The lowest BCUT2D eigenvalue weighted by molar-refractivity contribution is -0.121. The molecular weight excluding hydrogens is 234 g/mol. The predicted octanol–water partition coefficient (Wildman–Crippen LogP) is -0.630. The fourth-order valence-electron chi connectivity index (χ4n) is 1.43. The van der Waals surface area contributed by atoms with Crippen LogP contribution in [0.1, 0.15) is 5.69 Å². The van der Waals surface area contributed by atoms with Crippen molar-refractivity contribution in [3.63, 3.8) is 0 Å². The summed E-state index contributed by atoms with van der Waals surface area (Å²) in [5.41, 5.74) is 1.81. The average Bonchev–Trinajstić information content (AvgIpc) is 2.96. The zero-order valence-corrected chi connectivity index (χ0v) is 10.3. The lowest BCUT2D eigenvalue weighted by Gasteiger charge is -2.02. The van der Waals surface area contributed by atoms with E-state index in [1.165, 1.54) is 0 Å². The van der Waals surface area contributed by atoms with Gasteiger partial charge in [0.25, 0.3) is 0 Å². The first-order chi connectivity index (χ1) is 8.69. The van der Waals surface area contributed by atoms with Crippen molar-refractivity contribution in [1.82, 2.24) is 30.1 Å². The van der Waals surface area contributed by atoms with Gasteiger partial charge in [0.1, 0.15) is 6.54 Å². The van der Waals surface area contributed by atoms with Gasteiger partial charge in [-0.25, -0.2) is 0 Å². The van der Waals surface area contributed by atoms with Gasteiger partial charge >= 0.3 is 0 Å². The maximum absolute atomic E-state index is 11.2. The number of hydrogen-bond donors (Lipinski definition) is 2. The van der Waals surface area contributed by atoms with Crippen LogP contribution in [-0.4, -0.2) is 37.7 Å². The Kier molecular flexibility index (Phi) is 3.56. The average molecular weight is 249 g/mol. The van der Waals surface area contributed by atoms with Crippen LogP contribution < -0.4 is 10.6 Å². The molecular formula is C10H15N7O. The Balaban J connectivity index is 1.91. The summed E-state index contributed by atoms with van der Waals surface area (Å²) in [5, 5.41) is 17.4. The number of nitrogens with zero attached hydrogens (tertiary/aromatic N) is 5. The minimum atomic E-state index is -0.0829. The SMILES string of the molecule is CNC(=O)Cn1cc(NCc2cnnn2C)cn1. The molecule has 2 aromatic heterocycles. The van der Waals surface area contributed by atoms with E-state index in [9.17, 15) is 4.79 Å². The van der Waals surface area contributed by atoms with Crippen LogP contribution >= 0.6 is 0 Å². The highest BCUT2D eigenvalue weighted by molar-refractivity contribution is 5.75. The molecule has 0 aliphatic carbocycles. The first-order valence-corrected chi connectivity index (χ1v) is 5.49. The van der Waals surface area contributed by atoms with E-state index in [1.807, 2.05) is 7.05 Å². The van der Waals surface area contributed by atoms with E-state index < -0.39 is 0 Å². The largest absolute Gasteiger partial charge is 0.377 e. The summed E-state index contributed by atoms with van der Waals surface area (Å²) in [5.74, 6) is -0.0829. The highest BCUT2D eigenvalue weighted by Gasteiger charge is 2.04. The summed E-state index contributed by atoms with van der Waals surface area (Å²) in [6.45, 7) is 0.820. The molecule has 0 saturated carbocycles. The Morgan fingerprint density at radius 3 is 2.94 bits per heavy atom. The van der Waals surface area contributed by atoms with Crippen molar-refractivity contribution in [2.24, 2.45) is 7.05 Å². The van der Waals surface area contributed by atoms with Crippen molar-refractivity contribution in [3.05, 3.63) is 24.3 Å². The number of likely N-dealkylation sites (N-methyl/N-ethyl adjacent to an activating group) is 1. The van der Waals surface area contributed by atoms with Crippen molar-refractivity contribution in [1.29, 1.82) is 0 Å². The number of amides is 1. The number of aryl methyl sites for hydroxylation is 1. The van der Waals surface area contributed by atoms with Crippen LogP contribution in [0.25, 0.3) is 0 Å². The van der Waals surface area contributed by atoms with Crippen LogP contribution in [0.5, 0.6) is 0 Å². The highest BCUT2D eigenvalue weighted by Crippen LogP contribution is 2.06. The molecule has 8 nitrogen and oxygen atoms in total. The summed E-state index contributed by atoms with van der Waals surface area (Å²) >= 11 is 0. The van der Waals surface area contributed by atoms with Crippen molar-refractivity contribution in [2.75, 3.05) is 12.4 Å². The summed E-state index contributed by atoms with van der Waals surface area (Å²) in [6, 6.07) is 0. The van der Waals surface area contributed by atoms with E-state index in [-0.39, 0.29) is 12.5 Å². The number of nitrogens with one attached hydrogen (secondary N) is 2. The maximum atomic E-state index is 11.2. The molecule has 0 aromatic carbocycles. The maximum Gasteiger partial charge on any atom is 0.241 e. The van der Waals surface area contributed by atoms with E-state index in [1.54, 1.807) is 35.0 Å². The second-order valence-corrected chi connectivity index (χ2v) is 3.80. The zero-order chi connectivity index (χ0) is 13.0.